The quantitative estimate of drug-likeness (QED) is 0.380. The minimum absolute atomic E-state index is 0.143. The van der Waals surface area contributed by atoms with Gasteiger partial charge in [0.15, 0.2) is 5.82 Å². The van der Waals surface area contributed by atoms with Gasteiger partial charge in [0.05, 0.1) is 31.2 Å². The van der Waals surface area contributed by atoms with Crippen LogP contribution in [-0.2, 0) is 27.5 Å². The van der Waals surface area contributed by atoms with Crippen LogP contribution < -0.4 is 16.4 Å². The van der Waals surface area contributed by atoms with Crippen molar-refractivity contribution in [3.8, 4) is 6.07 Å². The number of tetrazole rings is 1. The van der Waals surface area contributed by atoms with Crippen LogP contribution in [0, 0.1) is 11.3 Å². The molecule has 1 aromatic heterocycles. The zero-order valence-corrected chi connectivity index (χ0v) is 18.5. The molecule has 1 heterocycles. The summed E-state index contributed by atoms with van der Waals surface area (Å²) in [6.07, 6.45) is 1.02. The van der Waals surface area contributed by atoms with Gasteiger partial charge in [-0.3, -0.25) is 9.59 Å². The van der Waals surface area contributed by atoms with Crippen molar-refractivity contribution in [2.75, 3.05) is 13.2 Å². The van der Waals surface area contributed by atoms with Crippen LogP contribution in [0.15, 0.2) is 30.3 Å². The number of benzene rings is 1. The number of nitrogens with two attached hydrogens (primary N) is 1. The first-order valence-corrected chi connectivity index (χ1v) is 10.4. The van der Waals surface area contributed by atoms with E-state index in [-0.39, 0.29) is 31.3 Å². The summed E-state index contributed by atoms with van der Waals surface area (Å²) < 4.78 is 7.36. The van der Waals surface area contributed by atoms with Gasteiger partial charge in [-0.2, -0.15) is 5.26 Å². The Balaban J connectivity index is 2.00. The van der Waals surface area contributed by atoms with Crippen molar-refractivity contribution in [3.05, 3.63) is 41.7 Å². The zero-order chi connectivity index (χ0) is 23.4. The average Bonchev–Trinajstić information content (AvgIpc) is 3.21. The standard InChI is InChI=1S/C21H30N8O3/c1-21(2,23)20(31)25-17(15-32-14-16-8-4-3-5-9-16)19-26-27-28-29(19)13-6-10-18(30)24-12-7-11-22/h3-5,8-9,17H,6-7,10,12-15,23H2,1-2H3,(H,24,30)(H,25,31)/t17-/m1/s1. The van der Waals surface area contributed by atoms with Crippen molar-refractivity contribution in [2.24, 2.45) is 5.73 Å². The molecule has 11 heteroatoms. The second-order valence-electron chi connectivity index (χ2n) is 7.87. The maximum Gasteiger partial charge on any atom is 0.240 e. The van der Waals surface area contributed by atoms with E-state index in [4.69, 9.17) is 15.7 Å². The van der Waals surface area contributed by atoms with Crippen LogP contribution in [0.5, 0.6) is 0 Å². The number of nitrogens with zero attached hydrogens (tertiary/aromatic N) is 5. The Hall–Kier alpha value is -3.36. The number of rotatable bonds is 13. The third kappa shape index (κ3) is 8.41. The minimum atomic E-state index is -1.09. The monoisotopic (exact) mass is 442 g/mol. The molecule has 4 N–H and O–H groups in total. The Morgan fingerprint density at radius 3 is 2.75 bits per heavy atom. The number of nitrogens with one attached hydrogen (secondary N) is 2. The lowest BCUT2D eigenvalue weighted by Gasteiger charge is -2.23. The summed E-state index contributed by atoms with van der Waals surface area (Å²) in [5.41, 5.74) is 5.84. The molecule has 2 aromatic rings. The maximum absolute atomic E-state index is 12.5. The van der Waals surface area contributed by atoms with E-state index in [1.165, 1.54) is 0 Å². The van der Waals surface area contributed by atoms with Crippen LogP contribution >= 0.6 is 0 Å². The third-order valence-corrected chi connectivity index (χ3v) is 4.49. The molecule has 172 valence electrons. The molecule has 0 unspecified atom stereocenters. The highest BCUT2D eigenvalue weighted by atomic mass is 16.5. The number of carbonyl (C=O) groups excluding carboxylic acids is 2. The maximum atomic E-state index is 12.5. The highest BCUT2D eigenvalue weighted by molar-refractivity contribution is 5.85. The molecule has 0 aliphatic rings. The summed E-state index contributed by atoms with van der Waals surface area (Å²) in [6, 6.07) is 11.0. The van der Waals surface area contributed by atoms with Crippen molar-refractivity contribution in [2.45, 2.75) is 57.8 Å². The van der Waals surface area contributed by atoms with Crippen LogP contribution in [0.1, 0.15) is 50.5 Å². The zero-order valence-electron chi connectivity index (χ0n) is 18.5. The van der Waals surface area contributed by atoms with Gasteiger partial charge in [0.1, 0.15) is 6.04 Å². The van der Waals surface area contributed by atoms with E-state index in [0.717, 1.165) is 5.56 Å². The van der Waals surface area contributed by atoms with Crippen molar-refractivity contribution >= 4 is 11.8 Å². The first-order valence-electron chi connectivity index (χ1n) is 10.4. The second kappa shape index (κ2) is 12.5. The fraction of sp³-hybridized carbons (Fsp3) is 0.524. The fourth-order valence-electron chi connectivity index (χ4n) is 2.75. The molecule has 2 amide bonds. The number of aryl methyl sites for hydroxylation is 1. The van der Waals surface area contributed by atoms with Crippen molar-refractivity contribution in [1.82, 2.24) is 30.8 Å². The number of aromatic nitrogens is 4. The van der Waals surface area contributed by atoms with Crippen LogP contribution in [0.4, 0.5) is 0 Å². The minimum Gasteiger partial charge on any atom is -0.374 e. The lowest BCUT2D eigenvalue weighted by atomic mass is 10.1. The SMILES string of the molecule is CC(C)(N)C(=O)N[C@H](COCc1ccccc1)c1nnnn1CCCC(=O)NCCC#N. The molecule has 0 radical (unpaired) electrons. The van der Waals surface area contributed by atoms with E-state index in [9.17, 15) is 9.59 Å². The van der Waals surface area contributed by atoms with E-state index < -0.39 is 11.6 Å². The number of ether oxygens (including phenoxy) is 1. The molecule has 0 fully saturated rings. The molecular formula is C21H30N8O3. The highest BCUT2D eigenvalue weighted by Gasteiger charge is 2.28. The van der Waals surface area contributed by atoms with Gasteiger partial charge in [-0.25, -0.2) is 4.68 Å². The van der Waals surface area contributed by atoms with Crippen LogP contribution in [0.25, 0.3) is 0 Å². The fourth-order valence-corrected chi connectivity index (χ4v) is 2.75. The lowest BCUT2D eigenvalue weighted by molar-refractivity contribution is -0.126. The summed E-state index contributed by atoms with van der Waals surface area (Å²) in [5.74, 6) is -0.0893. The first-order chi connectivity index (χ1) is 15.3. The molecule has 1 atom stereocenters. The Morgan fingerprint density at radius 2 is 2.06 bits per heavy atom. The number of hydrogen-bond acceptors (Lipinski definition) is 8. The molecule has 1 aromatic carbocycles. The van der Waals surface area contributed by atoms with E-state index in [1.54, 1.807) is 18.5 Å². The summed E-state index contributed by atoms with van der Waals surface area (Å²) in [7, 11) is 0. The van der Waals surface area contributed by atoms with Crippen LogP contribution in [-0.4, -0.2) is 50.7 Å². The predicted molar refractivity (Wildman–Crippen MR) is 116 cm³/mol. The highest BCUT2D eigenvalue weighted by Crippen LogP contribution is 2.14. The number of amides is 2. The molecule has 0 saturated carbocycles. The predicted octanol–water partition coefficient (Wildman–Crippen LogP) is 0.595. The van der Waals surface area contributed by atoms with Gasteiger partial charge in [-0.1, -0.05) is 30.3 Å². The number of carbonyl (C=O) groups is 2. The summed E-state index contributed by atoms with van der Waals surface area (Å²) in [5, 5.41) is 25.8. The first kappa shape index (κ1) is 24.9. The normalized spacial score (nSPS) is 12.1. The van der Waals surface area contributed by atoms with E-state index in [2.05, 4.69) is 26.2 Å². The van der Waals surface area contributed by atoms with Crippen molar-refractivity contribution in [1.29, 1.82) is 5.26 Å². The van der Waals surface area contributed by atoms with E-state index in [1.807, 2.05) is 36.4 Å². The smallest absolute Gasteiger partial charge is 0.240 e. The number of nitriles is 1. The number of hydrogen-bond donors (Lipinski definition) is 3. The van der Waals surface area contributed by atoms with Gasteiger partial charge in [0, 0.05) is 19.5 Å². The van der Waals surface area contributed by atoms with Gasteiger partial charge >= 0.3 is 0 Å². The summed E-state index contributed by atoms with van der Waals surface area (Å²) >= 11 is 0. The molecule has 0 aliphatic heterocycles. The molecule has 0 bridgehead atoms. The molecule has 32 heavy (non-hydrogen) atoms. The van der Waals surface area contributed by atoms with Crippen LogP contribution in [0.2, 0.25) is 0 Å². The van der Waals surface area contributed by atoms with Crippen molar-refractivity contribution < 1.29 is 14.3 Å². The van der Waals surface area contributed by atoms with Gasteiger partial charge < -0.3 is 21.1 Å². The van der Waals surface area contributed by atoms with E-state index >= 15 is 0 Å². The molecule has 0 saturated heterocycles. The third-order valence-electron chi connectivity index (χ3n) is 4.49. The summed E-state index contributed by atoms with van der Waals surface area (Å²) in [4.78, 5) is 24.3. The molecule has 0 spiro atoms. The topological polar surface area (TPSA) is 161 Å². The van der Waals surface area contributed by atoms with E-state index in [0.29, 0.717) is 31.9 Å². The van der Waals surface area contributed by atoms with Gasteiger partial charge in [0.25, 0.3) is 0 Å². The second-order valence-corrected chi connectivity index (χ2v) is 7.87. The molecular weight excluding hydrogens is 412 g/mol. The van der Waals surface area contributed by atoms with Crippen molar-refractivity contribution in [3.63, 3.8) is 0 Å². The molecule has 0 aliphatic carbocycles. The molecule has 2 rings (SSSR count). The van der Waals surface area contributed by atoms with Gasteiger partial charge in [-0.15, -0.1) is 5.10 Å². The van der Waals surface area contributed by atoms with Gasteiger partial charge in [-0.05, 0) is 36.3 Å². The Kier molecular flexibility index (Phi) is 9.72. The Morgan fingerprint density at radius 1 is 1.31 bits per heavy atom. The Bertz CT molecular complexity index is 902. The Labute approximate surface area is 187 Å². The largest absolute Gasteiger partial charge is 0.374 e. The average molecular weight is 443 g/mol. The summed E-state index contributed by atoms with van der Waals surface area (Å²) in [6.45, 7) is 4.43. The lowest BCUT2D eigenvalue weighted by Crippen LogP contribution is -2.51. The van der Waals surface area contributed by atoms with Gasteiger partial charge in [0.2, 0.25) is 11.8 Å². The van der Waals surface area contributed by atoms with Crippen LogP contribution in [0.3, 0.4) is 0 Å². The molecule has 11 nitrogen and oxygen atoms in total.